The molecule has 0 saturated carbocycles. The Balaban J connectivity index is 1.66. The first-order valence-electron chi connectivity index (χ1n) is 8.61. The molecule has 0 fully saturated rings. The van der Waals surface area contributed by atoms with Gasteiger partial charge in [-0.05, 0) is 50.7 Å². The van der Waals surface area contributed by atoms with E-state index >= 15 is 0 Å². The van der Waals surface area contributed by atoms with Crippen molar-refractivity contribution in [1.29, 1.82) is 0 Å². The van der Waals surface area contributed by atoms with Crippen molar-refractivity contribution in [2.24, 2.45) is 0 Å². The van der Waals surface area contributed by atoms with Crippen LogP contribution in [-0.4, -0.2) is 32.8 Å². The number of aryl methyl sites for hydroxylation is 1. The topological polar surface area (TPSA) is 76.2 Å². The molecule has 0 radical (unpaired) electrons. The fourth-order valence-electron chi connectivity index (χ4n) is 2.68. The van der Waals surface area contributed by atoms with Gasteiger partial charge in [0.15, 0.2) is 5.82 Å². The van der Waals surface area contributed by atoms with Gasteiger partial charge >= 0.3 is 0 Å². The minimum Gasteiger partial charge on any atom is -0.468 e. The number of hydrogen-bond acceptors (Lipinski definition) is 5. The van der Waals surface area contributed by atoms with Crippen molar-refractivity contribution >= 4 is 11.7 Å². The summed E-state index contributed by atoms with van der Waals surface area (Å²) in [6.07, 6.45) is 3.39. The Labute approximate surface area is 152 Å². The summed E-state index contributed by atoms with van der Waals surface area (Å²) >= 11 is 0. The second-order valence-corrected chi connectivity index (χ2v) is 6.22. The quantitative estimate of drug-likeness (QED) is 0.705. The molecule has 1 unspecified atom stereocenters. The summed E-state index contributed by atoms with van der Waals surface area (Å²) < 4.78 is 7.14. The molecule has 1 aromatic carbocycles. The van der Waals surface area contributed by atoms with Crippen molar-refractivity contribution in [2.45, 2.75) is 33.0 Å². The molecule has 1 amide bonds. The number of carbonyl (C=O) groups is 1. The lowest BCUT2D eigenvalue weighted by molar-refractivity contribution is 0.102. The molecule has 0 saturated heterocycles. The average Bonchev–Trinajstić information content (AvgIpc) is 3.33. The SMILES string of the molecule is CCn1cc(NC(=O)c2cccc(CN(C)C(C)c3ccco3)c2)nn1. The zero-order valence-electron chi connectivity index (χ0n) is 15.2. The van der Waals surface area contributed by atoms with Gasteiger partial charge in [0.25, 0.3) is 5.91 Å². The molecule has 7 heteroatoms. The first kappa shape index (κ1) is 17.9. The molecule has 26 heavy (non-hydrogen) atoms. The number of anilines is 1. The van der Waals surface area contributed by atoms with Crippen molar-refractivity contribution in [3.8, 4) is 0 Å². The largest absolute Gasteiger partial charge is 0.468 e. The average molecular weight is 353 g/mol. The number of furan rings is 1. The Morgan fingerprint density at radius 3 is 2.88 bits per heavy atom. The Hall–Kier alpha value is -2.93. The summed E-state index contributed by atoms with van der Waals surface area (Å²) in [7, 11) is 2.03. The first-order chi connectivity index (χ1) is 12.6. The molecule has 2 heterocycles. The summed E-state index contributed by atoms with van der Waals surface area (Å²) in [6.45, 7) is 5.46. The molecule has 1 N–H and O–H groups in total. The Morgan fingerprint density at radius 2 is 2.19 bits per heavy atom. The highest BCUT2D eigenvalue weighted by Gasteiger charge is 2.15. The van der Waals surface area contributed by atoms with Crippen LogP contribution in [0.25, 0.3) is 0 Å². The molecule has 0 bridgehead atoms. The van der Waals surface area contributed by atoms with Gasteiger partial charge in [-0.3, -0.25) is 14.4 Å². The van der Waals surface area contributed by atoms with Crippen LogP contribution in [0.15, 0.2) is 53.3 Å². The van der Waals surface area contributed by atoms with E-state index in [4.69, 9.17) is 4.42 Å². The van der Waals surface area contributed by atoms with E-state index in [1.165, 1.54) is 0 Å². The van der Waals surface area contributed by atoms with E-state index in [9.17, 15) is 4.79 Å². The van der Waals surface area contributed by atoms with Gasteiger partial charge in [0.2, 0.25) is 0 Å². The third-order valence-electron chi connectivity index (χ3n) is 4.34. The molecule has 0 spiro atoms. The summed E-state index contributed by atoms with van der Waals surface area (Å²) in [5.74, 6) is 1.17. The van der Waals surface area contributed by atoms with Gasteiger partial charge < -0.3 is 9.73 Å². The van der Waals surface area contributed by atoms with Crippen LogP contribution in [-0.2, 0) is 13.1 Å². The molecule has 0 aliphatic heterocycles. The summed E-state index contributed by atoms with van der Waals surface area (Å²) in [5.41, 5.74) is 1.64. The lowest BCUT2D eigenvalue weighted by atomic mass is 10.1. The van der Waals surface area contributed by atoms with Gasteiger partial charge in [-0.25, -0.2) is 0 Å². The zero-order chi connectivity index (χ0) is 18.5. The van der Waals surface area contributed by atoms with Crippen molar-refractivity contribution in [2.75, 3.05) is 12.4 Å². The van der Waals surface area contributed by atoms with Crippen LogP contribution in [0.2, 0.25) is 0 Å². The van der Waals surface area contributed by atoms with Gasteiger partial charge in [0, 0.05) is 18.7 Å². The van der Waals surface area contributed by atoms with Crippen LogP contribution in [0, 0.1) is 0 Å². The van der Waals surface area contributed by atoms with Crippen LogP contribution in [0.1, 0.15) is 41.6 Å². The second kappa shape index (κ2) is 7.97. The number of amides is 1. The molecular formula is C19H23N5O2. The third-order valence-corrected chi connectivity index (χ3v) is 4.34. The molecule has 3 rings (SSSR count). The molecule has 2 aromatic heterocycles. The summed E-state index contributed by atoms with van der Waals surface area (Å²) in [4.78, 5) is 14.6. The van der Waals surface area contributed by atoms with Gasteiger partial charge in [0.1, 0.15) is 5.76 Å². The van der Waals surface area contributed by atoms with Crippen LogP contribution in [0.5, 0.6) is 0 Å². The molecule has 1 atom stereocenters. The maximum Gasteiger partial charge on any atom is 0.256 e. The predicted molar refractivity (Wildman–Crippen MR) is 98.7 cm³/mol. The van der Waals surface area contributed by atoms with Gasteiger partial charge in [-0.15, -0.1) is 5.10 Å². The molecule has 136 valence electrons. The van der Waals surface area contributed by atoms with E-state index in [0.29, 0.717) is 24.5 Å². The highest BCUT2D eigenvalue weighted by Crippen LogP contribution is 2.21. The second-order valence-electron chi connectivity index (χ2n) is 6.22. The number of nitrogens with one attached hydrogen (secondary N) is 1. The number of nitrogens with zero attached hydrogens (tertiary/aromatic N) is 4. The minimum atomic E-state index is -0.197. The molecule has 0 aliphatic rings. The van der Waals surface area contributed by atoms with Gasteiger partial charge in [-0.2, -0.15) is 0 Å². The highest BCUT2D eigenvalue weighted by atomic mass is 16.3. The van der Waals surface area contributed by atoms with E-state index in [2.05, 4.69) is 27.5 Å². The van der Waals surface area contributed by atoms with E-state index in [1.54, 1.807) is 23.2 Å². The van der Waals surface area contributed by atoms with E-state index < -0.39 is 0 Å². The summed E-state index contributed by atoms with van der Waals surface area (Å²) in [5, 5.41) is 10.6. The normalized spacial score (nSPS) is 12.3. The minimum absolute atomic E-state index is 0.145. The van der Waals surface area contributed by atoms with Crippen LogP contribution in [0.4, 0.5) is 5.82 Å². The fraction of sp³-hybridized carbons (Fsp3) is 0.316. The summed E-state index contributed by atoms with van der Waals surface area (Å²) in [6, 6.07) is 11.6. The maximum atomic E-state index is 12.5. The van der Waals surface area contributed by atoms with Crippen LogP contribution in [0.3, 0.4) is 0 Å². The zero-order valence-corrected chi connectivity index (χ0v) is 15.2. The van der Waals surface area contributed by atoms with Crippen molar-refractivity contribution < 1.29 is 9.21 Å². The van der Waals surface area contributed by atoms with Gasteiger partial charge in [-0.1, -0.05) is 17.3 Å². The van der Waals surface area contributed by atoms with Crippen molar-refractivity contribution in [3.63, 3.8) is 0 Å². The predicted octanol–water partition coefficient (Wildman–Crippen LogP) is 3.34. The van der Waals surface area contributed by atoms with E-state index in [0.717, 1.165) is 11.3 Å². The Kier molecular flexibility index (Phi) is 5.48. The smallest absolute Gasteiger partial charge is 0.256 e. The van der Waals surface area contributed by atoms with Crippen LogP contribution < -0.4 is 5.32 Å². The van der Waals surface area contributed by atoms with Crippen molar-refractivity contribution in [3.05, 3.63) is 65.7 Å². The molecule has 7 nitrogen and oxygen atoms in total. The number of rotatable bonds is 7. The first-order valence-corrected chi connectivity index (χ1v) is 8.61. The molecular weight excluding hydrogens is 330 g/mol. The number of carbonyl (C=O) groups excluding carboxylic acids is 1. The number of aromatic nitrogens is 3. The highest BCUT2D eigenvalue weighted by molar-refractivity contribution is 6.03. The van der Waals surface area contributed by atoms with E-state index in [1.807, 2.05) is 44.3 Å². The number of hydrogen-bond donors (Lipinski definition) is 1. The lowest BCUT2D eigenvalue weighted by Gasteiger charge is -2.23. The third kappa shape index (κ3) is 4.18. The molecule has 3 aromatic rings. The molecule has 0 aliphatic carbocycles. The lowest BCUT2D eigenvalue weighted by Crippen LogP contribution is -2.22. The Bertz CT molecular complexity index is 856. The van der Waals surface area contributed by atoms with Gasteiger partial charge in [0.05, 0.1) is 18.5 Å². The standard InChI is InChI=1S/C19H23N5O2/c1-4-24-13-18(21-22-24)20-19(25)16-8-5-7-15(11-16)12-23(3)14(2)17-9-6-10-26-17/h5-11,13-14H,4,12H2,1-3H3,(H,20,25). The number of benzene rings is 1. The maximum absolute atomic E-state index is 12.5. The van der Waals surface area contributed by atoms with Crippen molar-refractivity contribution in [1.82, 2.24) is 19.9 Å². The Morgan fingerprint density at radius 1 is 1.35 bits per heavy atom. The monoisotopic (exact) mass is 353 g/mol. The van der Waals surface area contributed by atoms with Crippen LogP contribution >= 0.6 is 0 Å². The fourth-order valence-corrected chi connectivity index (χ4v) is 2.68. The van der Waals surface area contributed by atoms with E-state index in [-0.39, 0.29) is 11.9 Å².